The second-order valence-corrected chi connectivity index (χ2v) is 9.74. The standard InChI is InChI=1S/C32H24F2N6O5/c1-3-38-18-24(31(42)39(32(38)43)22-9-6-20(33)7-10-22)30(41)36-21-8-13-27(25(34)16-21)45-29-17-26(37-28-14-15-35-40(28)29)19-4-11-23(44-2)12-5-19/h4-18H,3H2,1-2H3,(H,36,41). The Morgan fingerprint density at radius 3 is 2.40 bits per heavy atom. The topological polar surface area (TPSA) is 122 Å². The summed E-state index contributed by atoms with van der Waals surface area (Å²) in [4.78, 5) is 43.9. The lowest BCUT2D eigenvalue weighted by molar-refractivity contribution is 0.102. The molecule has 0 aliphatic heterocycles. The maximum absolute atomic E-state index is 15.3. The van der Waals surface area contributed by atoms with Crippen molar-refractivity contribution in [3.05, 3.63) is 129 Å². The molecule has 3 aromatic heterocycles. The molecule has 13 heteroatoms. The normalized spacial score (nSPS) is 11.0. The van der Waals surface area contributed by atoms with Crippen LogP contribution in [0.4, 0.5) is 14.5 Å². The molecular formula is C32H24F2N6O5. The van der Waals surface area contributed by atoms with E-state index in [-0.39, 0.29) is 35.1 Å². The average Bonchev–Trinajstić information content (AvgIpc) is 3.53. The number of nitrogens with zero attached hydrogens (tertiary/aromatic N) is 5. The van der Waals surface area contributed by atoms with Crippen molar-refractivity contribution in [1.29, 1.82) is 0 Å². The molecule has 0 saturated heterocycles. The number of ether oxygens (including phenoxy) is 2. The zero-order valence-corrected chi connectivity index (χ0v) is 23.9. The first kappa shape index (κ1) is 29.0. The van der Waals surface area contributed by atoms with Crippen LogP contribution in [0.3, 0.4) is 0 Å². The monoisotopic (exact) mass is 610 g/mol. The molecule has 3 aromatic carbocycles. The molecule has 0 spiro atoms. The molecule has 45 heavy (non-hydrogen) atoms. The van der Waals surface area contributed by atoms with Gasteiger partial charge < -0.3 is 14.8 Å². The summed E-state index contributed by atoms with van der Waals surface area (Å²) in [6.45, 7) is 1.82. The Morgan fingerprint density at radius 2 is 1.71 bits per heavy atom. The first-order valence-corrected chi connectivity index (χ1v) is 13.7. The van der Waals surface area contributed by atoms with Crippen LogP contribution >= 0.6 is 0 Å². The Morgan fingerprint density at radius 1 is 0.956 bits per heavy atom. The fraction of sp³-hybridized carbons (Fsp3) is 0.0938. The molecular weight excluding hydrogens is 586 g/mol. The minimum Gasteiger partial charge on any atom is -0.497 e. The SMILES string of the molecule is CCn1cc(C(=O)Nc2ccc(Oc3cc(-c4ccc(OC)cc4)nc4ccnn34)c(F)c2)c(=O)n(-c2ccc(F)cc2)c1=O. The Bertz CT molecular complexity index is 2170. The number of carbonyl (C=O) groups excluding carboxylic acids is 1. The highest BCUT2D eigenvalue weighted by atomic mass is 19.1. The Hall–Kier alpha value is -6.11. The molecule has 1 N–H and O–H groups in total. The van der Waals surface area contributed by atoms with Gasteiger partial charge in [0, 0.05) is 42.2 Å². The van der Waals surface area contributed by atoms with Gasteiger partial charge in [0.15, 0.2) is 17.2 Å². The van der Waals surface area contributed by atoms with Crippen molar-refractivity contribution >= 4 is 17.2 Å². The third-order valence-corrected chi connectivity index (χ3v) is 6.94. The van der Waals surface area contributed by atoms with Crippen molar-refractivity contribution in [1.82, 2.24) is 23.7 Å². The van der Waals surface area contributed by atoms with Gasteiger partial charge >= 0.3 is 5.69 Å². The Labute approximate surface area is 253 Å². The van der Waals surface area contributed by atoms with Crippen LogP contribution < -0.4 is 26.0 Å². The van der Waals surface area contributed by atoms with Crippen LogP contribution in [-0.2, 0) is 6.54 Å². The number of anilines is 1. The summed E-state index contributed by atoms with van der Waals surface area (Å²) >= 11 is 0. The van der Waals surface area contributed by atoms with Gasteiger partial charge in [-0.25, -0.2) is 23.1 Å². The lowest BCUT2D eigenvalue weighted by atomic mass is 10.1. The summed E-state index contributed by atoms with van der Waals surface area (Å²) in [5, 5.41) is 6.71. The van der Waals surface area contributed by atoms with Gasteiger partial charge in [0.05, 0.1) is 24.7 Å². The summed E-state index contributed by atoms with van der Waals surface area (Å²) in [7, 11) is 1.57. The fourth-order valence-corrected chi connectivity index (χ4v) is 4.64. The van der Waals surface area contributed by atoms with Gasteiger partial charge in [0.1, 0.15) is 17.1 Å². The highest BCUT2D eigenvalue weighted by molar-refractivity contribution is 6.03. The van der Waals surface area contributed by atoms with Crippen LogP contribution in [0, 0.1) is 11.6 Å². The summed E-state index contributed by atoms with van der Waals surface area (Å²) in [6, 6.07) is 19.0. The molecule has 3 heterocycles. The predicted molar refractivity (Wildman–Crippen MR) is 161 cm³/mol. The van der Waals surface area contributed by atoms with E-state index >= 15 is 4.39 Å². The molecule has 0 aliphatic carbocycles. The number of benzene rings is 3. The molecule has 226 valence electrons. The second kappa shape index (κ2) is 11.9. The Balaban J connectivity index is 1.28. The van der Waals surface area contributed by atoms with Gasteiger partial charge in [-0.2, -0.15) is 9.61 Å². The lowest BCUT2D eigenvalue weighted by Gasteiger charge is -2.13. The number of halogens is 2. The van der Waals surface area contributed by atoms with Crippen LogP contribution in [0.15, 0.2) is 101 Å². The van der Waals surface area contributed by atoms with Crippen molar-refractivity contribution in [2.24, 2.45) is 0 Å². The van der Waals surface area contributed by atoms with E-state index < -0.39 is 28.8 Å². The summed E-state index contributed by atoms with van der Waals surface area (Å²) in [5.74, 6) is -1.52. The fourth-order valence-electron chi connectivity index (χ4n) is 4.64. The molecule has 0 unspecified atom stereocenters. The number of methoxy groups -OCH3 is 1. The van der Waals surface area contributed by atoms with Crippen molar-refractivity contribution in [3.63, 3.8) is 0 Å². The van der Waals surface area contributed by atoms with E-state index in [2.05, 4.69) is 15.4 Å². The molecule has 6 rings (SSSR count). The number of amides is 1. The number of aromatic nitrogens is 5. The molecule has 0 saturated carbocycles. The van der Waals surface area contributed by atoms with Crippen LogP contribution in [-0.4, -0.2) is 36.7 Å². The van der Waals surface area contributed by atoms with Crippen LogP contribution in [0.25, 0.3) is 22.6 Å². The zero-order chi connectivity index (χ0) is 31.7. The van der Waals surface area contributed by atoms with Gasteiger partial charge in [-0.15, -0.1) is 0 Å². The lowest BCUT2D eigenvalue weighted by Crippen LogP contribution is -2.42. The van der Waals surface area contributed by atoms with E-state index in [9.17, 15) is 18.8 Å². The summed E-state index contributed by atoms with van der Waals surface area (Å²) in [5.41, 5.74) is -0.0511. The van der Waals surface area contributed by atoms with Crippen molar-refractivity contribution in [2.45, 2.75) is 13.5 Å². The summed E-state index contributed by atoms with van der Waals surface area (Å²) in [6.07, 6.45) is 2.67. The van der Waals surface area contributed by atoms with E-state index in [4.69, 9.17) is 9.47 Å². The Kier molecular flexibility index (Phi) is 7.65. The predicted octanol–water partition coefficient (Wildman–Crippen LogP) is 5.06. The first-order valence-electron chi connectivity index (χ1n) is 13.7. The highest BCUT2D eigenvalue weighted by Crippen LogP contribution is 2.30. The van der Waals surface area contributed by atoms with Gasteiger partial charge in [-0.3, -0.25) is 14.2 Å². The summed E-state index contributed by atoms with van der Waals surface area (Å²) < 4.78 is 43.3. The minimum atomic E-state index is -0.914. The number of nitrogens with one attached hydrogen (secondary N) is 1. The van der Waals surface area contributed by atoms with Crippen molar-refractivity contribution in [2.75, 3.05) is 12.4 Å². The van der Waals surface area contributed by atoms with E-state index in [0.717, 1.165) is 34.5 Å². The zero-order valence-electron chi connectivity index (χ0n) is 23.9. The van der Waals surface area contributed by atoms with Gasteiger partial charge in [-0.1, -0.05) is 0 Å². The maximum Gasteiger partial charge on any atom is 0.335 e. The third-order valence-electron chi connectivity index (χ3n) is 6.94. The largest absolute Gasteiger partial charge is 0.497 e. The van der Waals surface area contributed by atoms with Crippen molar-refractivity contribution in [3.8, 4) is 34.3 Å². The first-order chi connectivity index (χ1) is 21.7. The molecule has 6 aromatic rings. The molecule has 11 nitrogen and oxygen atoms in total. The smallest absolute Gasteiger partial charge is 0.335 e. The quantitative estimate of drug-likeness (QED) is 0.256. The van der Waals surface area contributed by atoms with Crippen LogP contribution in [0.1, 0.15) is 17.3 Å². The number of rotatable bonds is 8. The number of fused-ring (bicyclic) bond motifs is 1. The van der Waals surface area contributed by atoms with Crippen molar-refractivity contribution < 1.29 is 23.0 Å². The highest BCUT2D eigenvalue weighted by Gasteiger charge is 2.20. The van der Waals surface area contributed by atoms with E-state index in [1.54, 1.807) is 38.3 Å². The molecule has 0 radical (unpaired) electrons. The number of carbonyl (C=O) groups is 1. The van der Waals surface area contributed by atoms with Crippen LogP contribution in [0.2, 0.25) is 0 Å². The molecule has 0 atom stereocenters. The third kappa shape index (κ3) is 5.66. The maximum atomic E-state index is 15.3. The van der Waals surface area contributed by atoms with Gasteiger partial charge in [0.2, 0.25) is 5.88 Å². The van der Waals surface area contributed by atoms with E-state index in [1.807, 2.05) is 12.1 Å². The van der Waals surface area contributed by atoms with Crippen LogP contribution in [0.5, 0.6) is 17.4 Å². The molecule has 0 bridgehead atoms. The average molecular weight is 611 g/mol. The molecule has 1 amide bonds. The number of hydrogen-bond donors (Lipinski definition) is 1. The van der Waals surface area contributed by atoms with E-state index in [0.29, 0.717) is 17.1 Å². The second-order valence-electron chi connectivity index (χ2n) is 9.74. The number of aryl methyl sites for hydroxylation is 1. The molecule has 0 fully saturated rings. The van der Waals surface area contributed by atoms with Gasteiger partial charge in [0.25, 0.3) is 11.5 Å². The number of hydrogen-bond acceptors (Lipinski definition) is 7. The van der Waals surface area contributed by atoms with E-state index in [1.165, 1.54) is 39.5 Å². The molecule has 0 aliphatic rings. The minimum absolute atomic E-state index is 0.0321. The van der Waals surface area contributed by atoms with Gasteiger partial charge in [-0.05, 0) is 67.6 Å².